The molecule has 0 saturated heterocycles. The number of nitrogens with one attached hydrogen (secondary N) is 1. The van der Waals surface area contributed by atoms with E-state index in [4.69, 9.17) is 5.11 Å². The van der Waals surface area contributed by atoms with Gasteiger partial charge in [-0.3, -0.25) is 0 Å². The summed E-state index contributed by atoms with van der Waals surface area (Å²) in [6.45, 7) is 8.26. The van der Waals surface area contributed by atoms with Crippen LogP contribution >= 0.6 is 0 Å². The van der Waals surface area contributed by atoms with Crippen molar-refractivity contribution in [3.63, 3.8) is 0 Å². The largest absolute Gasteiger partial charge is 0.396 e. The lowest BCUT2D eigenvalue weighted by Crippen LogP contribution is -2.30. The molecule has 1 unspecified atom stereocenters. The van der Waals surface area contributed by atoms with Crippen LogP contribution in [0.5, 0.6) is 0 Å². The Morgan fingerprint density at radius 2 is 2.06 bits per heavy atom. The van der Waals surface area contributed by atoms with E-state index >= 15 is 0 Å². The van der Waals surface area contributed by atoms with Gasteiger partial charge in [0.2, 0.25) is 0 Å². The van der Waals surface area contributed by atoms with Gasteiger partial charge in [0.25, 0.3) is 0 Å². The Balaban J connectivity index is 2.69. The van der Waals surface area contributed by atoms with Crippen LogP contribution in [-0.2, 0) is 0 Å². The fourth-order valence-electron chi connectivity index (χ4n) is 1.81. The minimum absolute atomic E-state index is 0.210. The third kappa shape index (κ3) is 3.54. The van der Waals surface area contributed by atoms with Crippen molar-refractivity contribution in [1.29, 1.82) is 0 Å². The average molecular weight is 223 g/mol. The normalized spacial score (nSPS) is 14.8. The van der Waals surface area contributed by atoms with Crippen molar-refractivity contribution < 1.29 is 5.11 Å². The van der Waals surface area contributed by atoms with E-state index in [9.17, 15) is 0 Å². The maximum Gasteiger partial charge on any atom is 0.125 e. The minimum atomic E-state index is 0.210. The molecule has 0 spiro atoms. The highest BCUT2D eigenvalue weighted by Crippen LogP contribution is 2.15. The molecule has 0 fully saturated rings. The molecule has 2 N–H and O–H groups in total. The molecular weight excluding hydrogens is 202 g/mol. The zero-order valence-corrected chi connectivity index (χ0v) is 10.5. The Hall–Kier alpha value is -1.00. The summed E-state index contributed by atoms with van der Waals surface area (Å²) in [4.78, 5) is 8.56. The fourth-order valence-corrected chi connectivity index (χ4v) is 1.81. The molecule has 4 heteroatoms. The standard InChI is InChI=1S/C12H21N3O/c1-8(5-6-16)14-9(2)12-7-13-11(4)15-10(12)3/h7-9,14,16H,5-6H2,1-4H3/t8-,9?/m1/s1. The van der Waals surface area contributed by atoms with Gasteiger partial charge >= 0.3 is 0 Å². The molecule has 0 aliphatic heterocycles. The van der Waals surface area contributed by atoms with E-state index < -0.39 is 0 Å². The first-order valence-electron chi connectivity index (χ1n) is 5.71. The summed E-state index contributed by atoms with van der Waals surface area (Å²) in [5, 5.41) is 12.3. The highest BCUT2D eigenvalue weighted by atomic mass is 16.3. The number of aliphatic hydroxyl groups is 1. The fraction of sp³-hybridized carbons (Fsp3) is 0.667. The smallest absolute Gasteiger partial charge is 0.125 e. The number of aromatic nitrogens is 2. The van der Waals surface area contributed by atoms with Crippen LogP contribution in [0.3, 0.4) is 0 Å². The van der Waals surface area contributed by atoms with E-state index in [0.717, 1.165) is 23.5 Å². The Labute approximate surface area is 97.1 Å². The zero-order valence-electron chi connectivity index (χ0n) is 10.5. The predicted molar refractivity (Wildman–Crippen MR) is 64.2 cm³/mol. The molecule has 1 heterocycles. The second-order valence-electron chi connectivity index (χ2n) is 4.26. The summed E-state index contributed by atoms with van der Waals surface area (Å²) in [6, 6.07) is 0.503. The third-order valence-electron chi connectivity index (χ3n) is 2.70. The predicted octanol–water partition coefficient (Wildman–Crippen LogP) is 1.51. The van der Waals surface area contributed by atoms with Crippen LogP contribution < -0.4 is 5.32 Å². The maximum atomic E-state index is 8.85. The first-order chi connectivity index (χ1) is 7.54. The minimum Gasteiger partial charge on any atom is -0.396 e. The summed E-state index contributed by atoms with van der Waals surface area (Å²) in [7, 11) is 0. The number of rotatable bonds is 5. The number of aliphatic hydroxyl groups excluding tert-OH is 1. The lowest BCUT2D eigenvalue weighted by atomic mass is 10.1. The first kappa shape index (κ1) is 13.1. The van der Waals surface area contributed by atoms with Crippen molar-refractivity contribution in [3.8, 4) is 0 Å². The van der Waals surface area contributed by atoms with Crippen molar-refractivity contribution in [1.82, 2.24) is 15.3 Å². The Morgan fingerprint density at radius 3 is 2.62 bits per heavy atom. The highest BCUT2D eigenvalue weighted by molar-refractivity contribution is 5.19. The molecule has 1 aromatic heterocycles. The quantitative estimate of drug-likeness (QED) is 0.794. The maximum absolute atomic E-state index is 8.85. The van der Waals surface area contributed by atoms with E-state index in [1.807, 2.05) is 20.0 Å². The molecule has 1 rings (SSSR count). The van der Waals surface area contributed by atoms with Crippen molar-refractivity contribution in [2.24, 2.45) is 0 Å². The molecule has 0 bridgehead atoms. The summed E-state index contributed by atoms with van der Waals surface area (Å²) in [5.74, 6) is 0.803. The molecule has 0 aliphatic rings. The van der Waals surface area contributed by atoms with Crippen LogP contribution in [-0.4, -0.2) is 27.7 Å². The van der Waals surface area contributed by atoms with Crippen molar-refractivity contribution in [3.05, 3.63) is 23.3 Å². The van der Waals surface area contributed by atoms with E-state index in [0.29, 0.717) is 6.04 Å². The molecule has 0 aliphatic carbocycles. The van der Waals surface area contributed by atoms with Gasteiger partial charge in [-0.15, -0.1) is 0 Å². The van der Waals surface area contributed by atoms with E-state index in [1.54, 1.807) is 0 Å². The molecule has 2 atom stereocenters. The second kappa shape index (κ2) is 5.92. The Morgan fingerprint density at radius 1 is 1.38 bits per heavy atom. The SMILES string of the molecule is Cc1ncc(C(C)N[C@H](C)CCO)c(C)n1. The lowest BCUT2D eigenvalue weighted by molar-refractivity contribution is 0.264. The van der Waals surface area contributed by atoms with Gasteiger partial charge in [0, 0.05) is 36.1 Å². The van der Waals surface area contributed by atoms with E-state index in [2.05, 4.69) is 29.1 Å². The summed E-state index contributed by atoms with van der Waals surface area (Å²) in [5.41, 5.74) is 2.14. The monoisotopic (exact) mass is 223 g/mol. The number of hydrogen-bond acceptors (Lipinski definition) is 4. The summed E-state index contributed by atoms with van der Waals surface area (Å²) in [6.07, 6.45) is 2.64. The number of aryl methyl sites for hydroxylation is 2. The molecule has 0 amide bonds. The first-order valence-corrected chi connectivity index (χ1v) is 5.71. The van der Waals surface area contributed by atoms with Crippen LogP contribution in [0, 0.1) is 13.8 Å². The molecule has 4 nitrogen and oxygen atoms in total. The van der Waals surface area contributed by atoms with Gasteiger partial charge in [-0.1, -0.05) is 0 Å². The number of nitrogens with zero attached hydrogens (tertiary/aromatic N) is 2. The summed E-state index contributed by atoms with van der Waals surface area (Å²) >= 11 is 0. The molecule has 90 valence electrons. The topological polar surface area (TPSA) is 58.0 Å². The van der Waals surface area contributed by atoms with Gasteiger partial charge in [0.15, 0.2) is 0 Å². The van der Waals surface area contributed by atoms with Gasteiger partial charge in [0.1, 0.15) is 5.82 Å². The van der Waals surface area contributed by atoms with E-state index in [1.165, 1.54) is 0 Å². The molecule has 0 aromatic carbocycles. The molecule has 0 saturated carbocycles. The second-order valence-corrected chi connectivity index (χ2v) is 4.26. The number of hydrogen-bond donors (Lipinski definition) is 2. The van der Waals surface area contributed by atoms with E-state index in [-0.39, 0.29) is 12.6 Å². The summed E-state index contributed by atoms with van der Waals surface area (Å²) < 4.78 is 0. The van der Waals surface area contributed by atoms with Crippen molar-refractivity contribution in [2.45, 2.75) is 46.2 Å². The van der Waals surface area contributed by atoms with Gasteiger partial charge < -0.3 is 10.4 Å². The average Bonchev–Trinajstić information content (AvgIpc) is 2.17. The van der Waals surface area contributed by atoms with Crippen molar-refractivity contribution >= 4 is 0 Å². The lowest BCUT2D eigenvalue weighted by Gasteiger charge is -2.20. The van der Waals surface area contributed by atoms with Gasteiger partial charge in [-0.05, 0) is 34.1 Å². The van der Waals surface area contributed by atoms with Gasteiger partial charge in [0.05, 0.1) is 0 Å². The van der Waals surface area contributed by atoms with Crippen LogP contribution in [0.25, 0.3) is 0 Å². The highest BCUT2D eigenvalue weighted by Gasteiger charge is 2.12. The van der Waals surface area contributed by atoms with Gasteiger partial charge in [-0.2, -0.15) is 0 Å². The van der Waals surface area contributed by atoms with Gasteiger partial charge in [-0.25, -0.2) is 9.97 Å². The molecular formula is C12H21N3O. The van der Waals surface area contributed by atoms with Crippen LogP contribution in [0.2, 0.25) is 0 Å². The van der Waals surface area contributed by atoms with Crippen molar-refractivity contribution in [2.75, 3.05) is 6.61 Å². The Kier molecular flexibility index (Phi) is 4.83. The third-order valence-corrected chi connectivity index (χ3v) is 2.70. The van der Waals surface area contributed by atoms with Crippen LogP contribution in [0.4, 0.5) is 0 Å². The molecule has 16 heavy (non-hydrogen) atoms. The van der Waals surface area contributed by atoms with Crippen LogP contribution in [0.1, 0.15) is 43.4 Å². The Bertz CT molecular complexity index is 341. The molecule has 1 aromatic rings. The zero-order chi connectivity index (χ0) is 12.1. The molecule has 0 radical (unpaired) electrons. The van der Waals surface area contributed by atoms with Crippen LogP contribution in [0.15, 0.2) is 6.20 Å².